The maximum atomic E-state index is 3.52. The van der Waals surface area contributed by atoms with Crippen LogP contribution in [-0.4, -0.2) is 9.13 Å². The fourth-order valence-electron chi connectivity index (χ4n) is 3.38. The molecule has 27 heavy (non-hydrogen) atoms. The van der Waals surface area contributed by atoms with Crippen LogP contribution < -0.4 is 9.13 Å². The van der Waals surface area contributed by atoms with Crippen LogP contribution >= 0.6 is 0 Å². The minimum Gasteiger partial charge on any atom is -0.349 e. The zero-order valence-corrected chi connectivity index (χ0v) is 17.0. The van der Waals surface area contributed by atoms with Crippen LogP contribution in [0.15, 0.2) is 61.2 Å². The maximum Gasteiger partial charge on any atom is 4.00 e. The number of benzene rings is 2. The monoisotopic (exact) mass is 533 g/mol. The molecule has 2 aromatic heterocycles. The van der Waals surface area contributed by atoms with Crippen LogP contribution in [0.2, 0.25) is 0 Å². The Morgan fingerprint density at radius 1 is 0.667 bits per heavy atom. The predicted octanol–water partition coefficient (Wildman–Crippen LogP) is 1.57. The number of rotatable bonds is 0. The number of hydrogen-bond donors (Lipinski definition) is 0. The van der Waals surface area contributed by atoms with Gasteiger partial charge < -0.3 is 18.3 Å². The molecule has 5 heteroatoms. The molecule has 8 bridgehead atoms. The molecule has 0 atom stereocenters. The van der Waals surface area contributed by atoms with Gasteiger partial charge in [-0.25, -0.2) is 0 Å². The van der Waals surface area contributed by atoms with Crippen LogP contribution in [0, 0.1) is 24.8 Å². The van der Waals surface area contributed by atoms with E-state index >= 15 is 0 Å². The molecule has 1 aliphatic heterocycles. The molecule has 0 aliphatic carbocycles. The second-order valence-corrected chi connectivity index (χ2v) is 6.71. The average Bonchev–Trinajstić information content (AvgIpc) is 3.24. The van der Waals surface area contributed by atoms with E-state index in [-0.39, 0.29) is 21.1 Å². The largest absolute Gasteiger partial charge is 4.00 e. The summed E-state index contributed by atoms with van der Waals surface area (Å²) in [7, 11) is 0. The van der Waals surface area contributed by atoms with E-state index in [2.05, 4.69) is 104 Å². The number of aromatic nitrogens is 4. The van der Waals surface area contributed by atoms with Crippen LogP contribution in [0.25, 0.3) is 0 Å². The van der Waals surface area contributed by atoms with Crippen molar-refractivity contribution in [3.05, 3.63) is 108 Å². The van der Waals surface area contributed by atoms with Crippen LogP contribution in [0.1, 0.15) is 22.3 Å². The molecule has 0 saturated heterocycles. The first-order valence-electron chi connectivity index (χ1n) is 8.76. The Morgan fingerprint density at radius 2 is 1.11 bits per heavy atom. The molecular weight excluding hydrogens is 515 g/mol. The Labute approximate surface area is 173 Å². The minimum atomic E-state index is 0. The molecule has 0 N–H and O–H groups in total. The first kappa shape index (κ1) is 17.9. The molecule has 1 aliphatic rings. The van der Waals surface area contributed by atoms with E-state index in [9.17, 15) is 0 Å². The standard InChI is InChI=1S/C22H18N4.Pt/c1-3-19-11-20(4-1)14-24-8-10-26(18-24)16-22-6-2-5-21(12-22)15-25-9-7-23(13-19)17-25;/h1-10H,13-16H2;/q-2;+4. The molecule has 0 unspecified atom stereocenters. The SMILES string of the molecule is [Pt+4].[c-]1c2cccc1Cn1[c-][n+](cc1)Cc1[c-]c(ccc1)C[n+]1[c-]n(cc1)C2. The zero-order valence-electron chi connectivity index (χ0n) is 14.7. The number of hydrogen-bond acceptors (Lipinski definition) is 0. The Hall–Kier alpha value is -2.45. The topological polar surface area (TPSA) is 17.6 Å². The first-order chi connectivity index (χ1) is 12.8. The van der Waals surface area contributed by atoms with Crippen molar-refractivity contribution in [2.75, 3.05) is 0 Å². The van der Waals surface area contributed by atoms with Gasteiger partial charge in [-0.3, -0.25) is 0 Å². The van der Waals surface area contributed by atoms with Crippen molar-refractivity contribution in [3.8, 4) is 0 Å². The second kappa shape index (κ2) is 7.65. The van der Waals surface area contributed by atoms with Gasteiger partial charge in [0.15, 0.2) is 0 Å². The van der Waals surface area contributed by atoms with Crippen LogP contribution in [0.3, 0.4) is 0 Å². The summed E-state index contributed by atoms with van der Waals surface area (Å²) in [4.78, 5) is 0. The van der Waals surface area contributed by atoms with E-state index < -0.39 is 0 Å². The summed E-state index contributed by atoms with van der Waals surface area (Å²) in [5.41, 5.74) is 4.62. The summed E-state index contributed by atoms with van der Waals surface area (Å²) in [6.07, 6.45) is 15.0. The van der Waals surface area contributed by atoms with Crippen LogP contribution in [-0.2, 0) is 47.2 Å². The van der Waals surface area contributed by atoms with Crippen LogP contribution in [0.5, 0.6) is 0 Å². The van der Waals surface area contributed by atoms with E-state index in [4.69, 9.17) is 0 Å². The Kier molecular flexibility index (Phi) is 5.09. The third-order valence-corrected chi connectivity index (χ3v) is 4.56. The molecule has 134 valence electrons. The van der Waals surface area contributed by atoms with Gasteiger partial charge in [-0.1, -0.05) is 0 Å². The molecular formula is C22H18N4Pt+2. The summed E-state index contributed by atoms with van der Waals surface area (Å²) in [6.45, 7) is 3.06. The normalized spacial score (nSPS) is 13.0. The Bertz CT molecular complexity index is 906. The molecule has 4 aromatic rings. The van der Waals surface area contributed by atoms with E-state index in [1.165, 1.54) is 0 Å². The van der Waals surface area contributed by atoms with Gasteiger partial charge in [0.1, 0.15) is 0 Å². The van der Waals surface area contributed by atoms with Crippen molar-refractivity contribution in [1.29, 1.82) is 0 Å². The van der Waals surface area contributed by atoms with Gasteiger partial charge in [-0.15, -0.1) is 22.3 Å². The third-order valence-electron chi connectivity index (χ3n) is 4.56. The number of nitrogens with zero attached hydrogens (tertiary/aromatic N) is 4. The van der Waals surface area contributed by atoms with E-state index in [1.54, 1.807) is 0 Å². The fourth-order valence-corrected chi connectivity index (χ4v) is 3.38. The molecule has 2 aromatic carbocycles. The van der Waals surface area contributed by atoms with Gasteiger partial charge in [0, 0.05) is 0 Å². The molecule has 5 rings (SSSR count). The average molecular weight is 533 g/mol. The molecule has 0 fully saturated rings. The Balaban J connectivity index is 0.00000180. The van der Waals surface area contributed by atoms with Crippen molar-refractivity contribution in [1.82, 2.24) is 9.13 Å². The van der Waals surface area contributed by atoms with Gasteiger partial charge in [-0.05, 0) is 24.8 Å². The molecule has 0 saturated carbocycles. The Morgan fingerprint density at radius 3 is 1.63 bits per heavy atom. The summed E-state index contributed by atoms with van der Waals surface area (Å²) < 4.78 is 8.28. The van der Waals surface area contributed by atoms with Crippen molar-refractivity contribution in [3.63, 3.8) is 0 Å². The maximum absolute atomic E-state index is 3.52. The molecule has 3 heterocycles. The van der Waals surface area contributed by atoms with Crippen molar-refractivity contribution < 1.29 is 30.2 Å². The molecule has 4 nitrogen and oxygen atoms in total. The fraction of sp³-hybridized carbons (Fsp3) is 0.182. The van der Waals surface area contributed by atoms with Gasteiger partial charge >= 0.3 is 21.1 Å². The number of fused-ring (bicyclic) bond motifs is 8. The minimum absolute atomic E-state index is 0. The smallest absolute Gasteiger partial charge is 0.349 e. The quantitative estimate of drug-likeness (QED) is 0.213. The molecule has 0 amide bonds. The van der Waals surface area contributed by atoms with Crippen molar-refractivity contribution >= 4 is 0 Å². The number of imidazole rings is 2. The summed E-state index contributed by atoms with van der Waals surface area (Å²) in [5, 5.41) is 0. The van der Waals surface area contributed by atoms with Crippen molar-refractivity contribution in [2.24, 2.45) is 0 Å². The van der Waals surface area contributed by atoms with Gasteiger partial charge in [0.25, 0.3) is 0 Å². The summed E-state index contributed by atoms with van der Waals surface area (Å²) in [6, 6.07) is 19.7. The van der Waals surface area contributed by atoms with E-state index in [0.29, 0.717) is 0 Å². The molecule has 0 radical (unpaired) electrons. The van der Waals surface area contributed by atoms with Crippen LogP contribution in [0.4, 0.5) is 0 Å². The van der Waals surface area contributed by atoms with Gasteiger partial charge in [-0.2, -0.15) is 48.5 Å². The van der Waals surface area contributed by atoms with Gasteiger partial charge in [0.2, 0.25) is 12.7 Å². The van der Waals surface area contributed by atoms with Gasteiger partial charge in [0.05, 0.1) is 26.2 Å². The predicted molar refractivity (Wildman–Crippen MR) is 93.9 cm³/mol. The summed E-state index contributed by atoms with van der Waals surface area (Å²) in [5.74, 6) is 0. The zero-order chi connectivity index (χ0) is 17.3. The van der Waals surface area contributed by atoms with Crippen molar-refractivity contribution in [2.45, 2.75) is 26.2 Å². The van der Waals surface area contributed by atoms with E-state index in [0.717, 1.165) is 48.4 Å². The third kappa shape index (κ3) is 4.11. The van der Waals surface area contributed by atoms with E-state index in [1.807, 2.05) is 0 Å². The summed E-state index contributed by atoms with van der Waals surface area (Å²) >= 11 is 0. The molecule has 0 spiro atoms. The second-order valence-electron chi connectivity index (χ2n) is 6.71. The first-order valence-corrected chi connectivity index (χ1v) is 8.76.